The minimum absolute atomic E-state index is 0.607. The maximum atomic E-state index is 5.70. The van der Waals surface area contributed by atoms with Crippen molar-refractivity contribution in [3.05, 3.63) is 29.8 Å². The number of rotatable bonds is 5. The molecule has 1 aromatic rings. The largest absolute Gasteiger partial charge is 0.493 e. The lowest BCUT2D eigenvalue weighted by Gasteiger charge is -2.13. The summed E-state index contributed by atoms with van der Waals surface area (Å²) in [6.07, 6.45) is 1.15. The predicted molar refractivity (Wildman–Crippen MR) is 64.2 cm³/mol. The van der Waals surface area contributed by atoms with Crippen LogP contribution in [0.5, 0.6) is 5.75 Å². The zero-order chi connectivity index (χ0) is 10.4. The predicted octanol–water partition coefficient (Wildman–Crippen LogP) is 3.79. The summed E-state index contributed by atoms with van der Waals surface area (Å²) in [6.45, 7) is 5.06. The van der Waals surface area contributed by atoms with E-state index in [2.05, 4.69) is 41.9 Å². The lowest BCUT2D eigenvalue weighted by molar-refractivity contribution is 0.260. The molecule has 0 bridgehead atoms. The van der Waals surface area contributed by atoms with E-state index in [1.165, 1.54) is 5.56 Å². The van der Waals surface area contributed by atoms with Gasteiger partial charge >= 0.3 is 0 Å². The molecule has 0 spiro atoms. The molecular formula is C12H17BrO. The van der Waals surface area contributed by atoms with E-state index >= 15 is 0 Å². The molecule has 0 aliphatic carbocycles. The lowest BCUT2D eigenvalue weighted by Crippen LogP contribution is -2.12. The van der Waals surface area contributed by atoms with E-state index in [-0.39, 0.29) is 0 Å². The van der Waals surface area contributed by atoms with E-state index in [4.69, 9.17) is 4.74 Å². The molecule has 0 amide bonds. The van der Waals surface area contributed by atoms with Gasteiger partial charge in [-0.2, -0.15) is 0 Å². The molecule has 0 heterocycles. The summed E-state index contributed by atoms with van der Waals surface area (Å²) in [5.74, 6) is 1.58. The van der Waals surface area contributed by atoms with Crippen LogP contribution in [-0.4, -0.2) is 11.9 Å². The summed E-state index contributed by atoms with van der Waals surface area (Å²) >= 11 is 3.48. The molecule has 0 saturated heterocycles. The number of halogens is 1. The zero-order valence-corrected chi connectivity index (χ0v) is 10.4. The molecule has 1 aromatic carbocycles. The average molecular weight is 257 g/mol. The van der Waals surface area contributed by atoms with Crippen molar-refractivity contribution in [1.82, 2.24) is 0 Å². The number of hydrogen-bond acceptors (Lipinski definition) is 1. The molecule has 0 aliphatic heterocycles. The van der Waals surface area contributed by atoms with Gasteiger partial charge in [0.05, 0.1) is 6.61 Å². The van der Waals surface area contributed by atoms with Crippen LogP contribution in [0.15, 0.2) is 24.3 Å². The molecule has 0 fully saturated rings. The Morgan fingerprint density at radius 1 is 1.43 bits per heavy atom. The molecule has 1 nitrogen and oxygen atoms in total. The van der Waals surface area contributed by atoms with Gasteiger partial charge in [-0.3, -0.25) is 0 Å². The van der Waals surface area contributed by atoms with Crippen LogP contribution in [0.2, 0.25) is 0 Å². The first-order chi connectivity index (χ1) is 6.76. The number of alkyl halides is 1. The van der Waals surface area contributed by atoms with Crippen molar-refractivity contribution in [2.75, 3.05) is 11.9 Å². The summed E-state index contributed by atoms with van der Waals surface area (Å²) in [5.41, 5.74) is 1.24. The fourth-order valence-corrected chi connectivity index (χ4v) is 1.84. The van der Waals surface area contributed by atoms with Crippen molar-refractivity contribution in [3.63, 3.8) is 0 Å². The molecule has 0 saturated carbocycles. The zero-order valence-electron chi connectivity index (χ0n) is 8.79. The Balaban J connectivity index is 2.44. The number of aryl methyl sites for hydroxylation is 1. The fourth-order valence-electron chi connectivity index (χ4n) is 1.19. The summed E-state index contributed by atoms with van der Waals surface area (Å²) in [7, 11) is 0. The van der Waals surface area contributed by atoms with Gasteiger partial charge in [-0.1, -0.05) is 35.0 Å². The van der Waals surface area contributed by atoms with E-state index < -0.39 is 0 Å². The smallest absolute Gasteiger partial charge is 0.119 e. The van der Waals surface area contributed by atoms with Crippen LogP contribution < -0.4 is 4.74 Å². The van der Waals surface area contributed by atoms with E-state index in [1.54, 1.807) is 0 Å². The van der Waals surface area contributed by atoms with Gasteiger partial charge in [-0.05, 0) is 31.0 Å². The van der Waals surface area contributed by atoms with Gasteiger partial charge in [-0.15, -0.1) is 0 Å². The van der Waals surface area contributed by atoms with E-state index in [9.17, 15) is 0 Å². The average Bonchev–Trinajstić information content (AvgIpc) is 2.19. The van der Waals surface area contributed by atoms with Crippen LogP contribution in [0.4, 0.5) is 0 Å². The standard InChI is InChI=1S/C12H17BrO/c1-3-11(8-13)9-14-12-6-4-5-10(2)7-12/h4-7,11H,3,8-9H2,1-2H3. The SMILES string of the molecule is CCC(CBr)COc1cccc(C)c1. The molecule has 0 aromatic heterocycles. The van der Waals surface area contributed by atoms with Crippen molar-refractivity contribution in [2.45, 2.75) is 20.3 Å². The highest BCUT2D eigenvalue weighted by Gasteiger charge is 2.04. The summed E-state index contributed by atoms with van der Waals surface area (Å²) in [4.78, 5) is 0. The summed E-state index contributed by atoms with van der Waals surface area (Å²) in [6, 6.07) is 8.18. The Kier molecular flexibility index (Phi) is 5.02. The summed E-state index contributed by atoms with van der Waals surface area (Å²) in [5, 5.41) is 1.01. The Morgan fingerprint density at radius 2 is 2.21 bits per heavy atom. The van der Waals surface area contributed by atoms with E-state index in [0.717, 1.165) is 24.1 Å². The molecule has 0 radical (unpaired) electrons. The third-order valence-electron chi connectivity index (χ3n) is 2.27. The van der Waals surface area contributed by atoms with Crippen LogP contribution in [0.3, 0.4) is 0 Å². The molecule has 0 N–H and O–H groups in total. The lowest BCUT2D eigenvalue weighted by atomic mass is 10.1. The summed E-state index contributed by atoms with van der Waals surface area (Å²) < 4.78 is 5.70. The Hall–Kier alpha value is -0.500. The minimum Gasteiger partial charge on any atom is -0.493 e. The van der Waals surface area contributed by atoms with Gasteiger partial charge < -0.3 is 4.74 Å². The first kappa shape index (κ1) is 11.6. The van der Waals surface area contributed by atoms with Gasteiger partial charge in [-0.25, -0.2) is 0 Å². The van der Waals surface area contributed by atoms with Crippen molar-refractivity contribution in [2.24, 2.45) is 5.92 Å². The van der Waals surface area contributed by atoms with E-state index in [0.29, 0.717) is 5.92 Å². The van der Waals surface area contributed by atoms with E-state index in [1.807, 2.05) is 12.1 Å². The Morgan fingerprint density at radius 3 is 2.79 bits per heavy atom. The van der Waals surface area contributed by atoms with Crippen LogP contribution in [0.25, 0.3) is 0 Å². The van der Waals surface area contributed by atoms with Crippen LogP contribution in [0, 0.1) is 12.8 Å². The van der Waals surface area contributed by atoms with Gasteiger partial charge in [0.2, 0.25) is 0 Å². The third-order valence-corrected chi connectivity index (χ3v) is 3.19. The second-order valence-corrected chi connectivity index (χ2v) is 4.20. The topological polar surface area (TPSA) is 9.23 Å². The minimum atomic E-state index is 0.607. The number of benzene rings is 1. The van der Waals surface area contributed by atoms with Gasteiger partial charge in [0.25, 0.3) is 0 Å². The molecule has 1 rings (SSSR count). The molecular weight excluding hydrogens is 240 g/mol. The molecule has 1 unspecified atom stereocenters. The Labute approximate surface area is 94.6 Å². The first-order valence-electron chi connectivity index (χ1n) is 5.01. The maximum Gasteiger partial charge on any atom is 0.119 e. The van der Waals surface area contributed by atoms with Gasteiger partial charge in [0.15, 0.2) is 0 Å². The van der Waals surface area contributed by atoms with Gasteiger partial charge in [0.1, 0.15) is 5.75 Å². The third kappa shape index (κ3) is 3.70. The van der Waals surface area contributed by atoms with Crippen molar-refractivity contribution >= 4 is 15.9 Å². The highest BCUT2D eigenvalue weighted by molar-refractivity contribution is 9.09. The van der Waals surface area contributed by atoms with Crippen LogP contribution in [-0.2, 0) is 0 Å². The van der Waals surface area contributed by atoms with Crippen LogP contribution in [0.1, 0.15) is 18.9 Å². The van der Waals surface area contributed by atoms with Crippen molar-refractivity contribution < 1.29 is 4.74 Å². The second kappa shape index (κ2) is 6.07. The molecule has 14 heavy (non-hydrogen) atoms. The molecule has 1 atom stereocenters. The van der Waals surface area contributed by atoms with Gasteiger partial charge in [0, 0.05) is 11.2 Å². The molecule has 2 heteroatoms. The molecule has 0 aliphatic rings. The monoisotopic (exact) mass is 256 g/mol. The van der Waals surface area contributed by atoms with Crippen molar-refractivity contribution in [3.8, 4) is 5.75 Å². The van der Waals surface area contributed by atoms with Crippen molar-refractivity contribution in [1.29, 1.82) is 0 Å². The molecule has 78 valence electrons. The second-order valence-electron chi connectivity index (χ2n) is 3.56. The highest BCUT2D eigenvalue weighted by Crippen LogP contribution is 2.15. The first-order valence-corrected chi connectivity index (χ1v) is 6.13. The quantitative estimate of drug-likeness (QED) is 0.729. The maximum absolute atomic E-state index is 5.70. The Bertz CT molecular complexity index is 269. The highest BCUT2D eigenvalue weighted by atomic mass is 79.9. The fraction of sp³-hybridized carbons (Fsp3) is 0.500. The normalized spacial score (nSPS) is 12.5. The number of hydrogen-bond donors (Lipinski definition) is 0. The number of ether oxygens (including phenoxy) is 1. The van der Waals surface area contributed by atoms with Crippen LogP contribution >= 0.6 is 15.9 Å².